The number of aryl methyl sites for hydroxylation is 1. The molecule has 3 rings (SSSR count). The topological polar surface area (TPSA) is 121 Å². The highest BCUT2D eigenvalue weighted by molar-refractivity contribution is 5.96. The number of unbranched alkanes of at least 4 members (excludes halogenated alkanes) is 12. The Kier molecular flexibility index (Phi) is 13.3. The maximum absolute atomic E-state index is 12.4. The van der Waals surface area contributed by atoms with Gasteiger partial charge in [0.15, 0.2) is 17.0 Å². The fourth-order valence-electron chi connectivity index (χ4n) is 4.86. The van der Waals surface area contributed by atoms with E-state index in [2.05, 4.69) is 41.1 Å². The normalized spacial score (nSPS) is 11.0. The molecule has 0 aliphatic rings. The molecule has 0 bridgehead atoms. The second-order valence-corrected chi connectivity index (χ2v) is 10.3. The number of benzene rings is 2. The van der Waals surface area contributed by atoms with E-state index in [1.165, 1.54) is 88.7 Å². The number of hydrogen-bond donors (Lipinski definition) is 4. The van der Waals surface area contributed by atoms with Crippen LogP contribution >= 0.6 is 0 Å². The van der Waals surface area contributed by atoms with Crippen LogP contribution in [0.3, 0.4) is 0 Å². The fraction of sp³-hybridized carbons (Fsp3) is 0.469. The third kappa shape index (κ3) is 11.1. The van der Waals surface area contributed by atoms with Crippen LogP contribution in [0.25, 0.3) is 11.0 Å². The van der Waals surface area contributed by atoms with E-state index < -0.39 is 0 Å². The Bertz CT molecular complexity index is 1220. The molecule has 39 heavy (non-hydrogen) atoms. The summed E-state index contributed by atoms with van der Waals surface area (Å²) in [6, 6.07) is 16.9. The molecule has 210 valence electrons. The van der Waals surface area contributed by atoms with Gasteiger partial charge < -0.3 is 15.2 Å². The Morgan fingerprint density at radius 2 is 1.36 bits per heavy atom. The Hall–Kier alpha value is -3.45. The highest BCUT2D eigenvalue weighted by atomic mass is 16.3. The summed E-state index contributed by atoms with van der Waals surface area (Å²) in [5.74, 6) is 5.05. The molecule has 1 amide bonds. The van der Waals surface area contributed by atoms with Gasteiger partial charge in [-0.2, -0.15) is 0 Å². The van der Waals surface area contributed by atoms with E-state index in [-0.39, 0.29) is 22.9 Å². The molecule has 2 aromatic carbocycles. The third-order valence-electron chi connectivity index (χ3n) is 7.11. The lowest BCUT2D eigenvalue weighted by molar-refractivity contribution is -0.116. The van der Waals surface area contributed by atoms with Gasteiger partial charge in [-0.15, -0.1) is 0 Å². The monoisotopic (exact) mass is 532 g/mol. The van der Waals surface area contributed by atoms with Crippen LogP contribution in [-0.4, -0.2) is 11.7 Å². The molecule has 0 unspecified atom stereocenters. The van der Waals surface area contributed by atoms with Gasteiger partial charge in [0, 0.05) is 18.2 Å². The van der Waals surface area contributed by atoms with Crippen LogP contribution in [0.5, 0.6) is 0 Å². The lowest BCUT2D eigenvalue weighted by Gasteiger charge is -2.08. The first-order valence-corrected chi connectivity index (χ1v) is 14.5. The molecule has 0 radical (unpaired) electrons. The predicted molar refractivity (Wildman–Crippen MR) is 160 cm³/mol. The van der Waals surface area contributed by atoms with E-state index in [0.29, 0.717) is 23.1 Å². The summed E-state index contributed by atoms with van der Waals surface area (Å²) in [5, 5.41) is 10.9. The van der Waals surface area contributed by atoms with Crippen molar-refractivity contribution in [2.24, 2.45) is 5.84 Å². The van der Waals surface area contributed by atoms with Gasteiger partial charge in [-0.3, -0.25) is 15.0 Å². The number of anilines is 1. The zero-order valence-electron chi connectivity index (χ0n) is 23.1. The number of fused-ring (bicyclic) bond motifs is 1. The average molecular weight is 533 g/mol. The number of hydrogen-bond acceptors (Lipinski definition) is 5. The van der Waals surface area contributed by atoms with Gasteiger partial charge in [-0.25, -0.2) is 5.84 Å². The molecule has 0 aliphatic heterocycles. The highest BCUT2D eigenvalue weighted by Gasteiger charge is 2.10. The minimum absolute atomic E-state index is 0.0514. The van der Waals surface area contributed by atoms with Gasteiger partial charge in [-0.1, -0.05) is 101 Å². The molecule has 0 saturated heterocycles. The molecule has 0 spiro atoms. The standard InChI is InChI=1S/C32H44N4O3/c33-32(36-34)30-24-28(37)27-23-26(21-22-29(27)39-30)35-31(38)20-16-11-9-7-5-3-1-2-4-6-8-10-13-17-25-18-14-12-15-19-25/h12,14-15,18-19,21-24H,1-11,13,16-17,20,34H2,(H2,33,36)(H,35,38). The van der Waals surface area contributed by atoms with Gasteiger partial charge in [0.05, 0.1) is 5.39 Å². The molecular weight excluding hydrogens is 488 g/mol. The highest BCUT2D eigenvalue weighted by Crippen LogP contribution is 2.19. The lowest BCUT2D eigenvalue weighted by atomic mass is 10.0. The van der Waals surface area contributed by atoms with E-state index in [1.807, 2.05) is 0 Å². The number of hydrazine groups is 1. The molecule has 5 N–H and O–H groups in total. The zero-order valence-corrected chi connectivity index (χ0v) is 23.1. The number of nitrogens with two attached hydrogens (primary N) is 1. The Morgan fingerprint density at radius 1 is 0.769 bits per heavy atom. The van der Waals surface area contributed by atoms with E-state index in [1.54, 1.807) is 18.2 Å². The number of carbonyl (C=O) groups is 1. The third-order valence-corrected chi connectivity index (χ3v) is 7.11. The van der Waals surface area contributed by atoms with Crippen molar-refractivity contribution in [3.63, 3.8) is 0 Å². The van der Waals surface area contributed by atoms with Crippen molar-refractivity contribution in [3.8, 4) is 0 Å². The molecule has 1 heterocycles. The van der Waals surface area contributed by atoms with Gasteiger partial charge in [0.1, 0.15) is 5.58 Å². The smallest absolute Gasteiger partial charge is 0.224 e. The summed E-state index contributed by atoms with van der Waals surface area (Å²) in [7, 11) is 0. The maximum atomic E-state index is 12.4. The zero-order chi connectivity index (χ0) is 27.7. The van der Waals surface area contributed by atoms with E-state index in [0.717, 1.165) is 12.8 Å². The average Bonchev–Trinajstić information content (AvgIpc) is 2.95. The van der Waals surface area contributed by atoms with Crippen LogP contribution in [0.15, 0.2) is 63.8 Å². The van der Waals surface area contributed by atoms with Crippen LogP contribution in [0, 0.1) is 5.41 Å². The summed E-state index contributed by atoms with van der Waals surface area (Å²) < 4.78 is 5.55. The molecule has 1 aromatic heterocycles. The first kappa shape index (κ1) is 30.1. The van der Waals surface area contributed by atoms with Gasteiger partial charge >= 0.3 is 0 Å². The molecule has 0 aliphatic carbocycles. The number of amides is 1. The summed E-state index contributed by atoms with van der Waals surface area (Å²) in [6.07, 6.45) is 18.0. The SMILES string of the molecule is N=C(NN)c1cc(=O)c2cc(NC(=O)CCCCCCCCCCCCCCCc3ccccc3)ccc2o1. The molecule has 0 fully saturated rings. The van der Waals surface area contributed by atoms with Crippen LogP contribution < -0.4 is 22.0 Å². The molecular formula is C32H44N4O3. The van der Waals surface area contributed by atoms with Gasteiger partial charge in [-0.05, 0) is 43.0 Å². The number of rotatable bonds is 18. The van der Waals surface area contributed by atoms with Gasteiger partial charge in [0.2, 0.25) is 5.91 Å². The Morgan fingerprint density at radius 3 is 1.97 bits per heavy atom. The van der Waals surface area contributed by atoms with Gasteiger partial charge in [0.25, 0.3) is 0 Å². The van der Waals surface area contributed by atoms with E-state index >= 15 is 0 Å². The molecule has 3 aromatic rings. The number of amidine groups is 1. The van der Waals surface area contributed by atoms with Crippen LogP contribution in [0.1, 0.15) is 101 Å². The number of carbonyl (C=O) groups excluding carboxylic acids is 1. The number of nitrogens with one attached hydrogen (secondary N) is 3. The Balaban J connectivity index is 1.16. The van der Waals surface area contributed by atoms with Crippen LogP contribution in [0.2, 0.25) is 0 Å². The molecule has 0 atom stereocenters. The maximum Gasteiger partial charge on any atom is 0.224 e. The van der Waals surface area contributed by atoms with Crippen molar-refractivity contribution in [2.45, 2.75) is 96.3 Å². The van der Waals surface area contributed by atoms with Crippen molar-refractivity contribution in [1.29, 1.82) is 5.41 Å². The van der Waals surface area contributed by atoms with Crippen LogP contribution in [-0.2, 0) is 11.2 Å². The van der Waals surface area contributed by atoms with E-state index in [4.69, 9.17) is 15.7 Å². The summed E-state index contributed by atoms with van der Waals surface area (Å²) in [6.45, 7) is 0. The second-order valence-electron chi connectivity index (χ2n) is 10.3. The minimum atomic E-state index is -0.295. The summed E-state index contributed by atoms with van der Waals surface area (Å²) >= 11 is 0. The van der Waals surface area contributed by atoms with Crippen molar-refractivity contribution >= 4 is 28.4 Å². The van der Waals surface area contributed by atoms with Crippen molar-refractivity contribution < 1.29 is 9.21 Å². The molecule has 0 saturated carbocycles. The predicted octanol–water partition coefficient (Wildman–Crippen LogP) is 7.22. The summed E-state index contributed by atoms with van der Waals surface area (Å²) in [5.41, 5.74) is 4.22. The van der Waals surface area contributed by atoms with Crippen molar-refractivity contribution in [1.82, 2.24) is 5.43 Å². The quantitative estimate of drug-likeness (QED) is 0.0453. The molecule has 7 nitrogen and oxygen atoms in total. The fourth-order valence-corrected chi connectivity index (χ4v) is 4.86. The first-order valence-electron chi connectivity index (χ1n) is 14.5. The van der Waals surface area contributed by atoms with Crippen LogP contribution in [0.4, 0.5) is 5.69 Å². The first-order chi connectivity index (χ1) is 19.1. The minimum Gasteiger partial charge on any atom is -0.453 e. The summed E-state index contributed by atoms with van der Waals surface area (Å²) in [4.78, 5) is 24.7. The largest absolute Gasteiger partial charge is 0.453 e. The van der Waals surface area contributed by atoms with Crippen molar-refractivity contribution in [3.05, 3.63) is 76.1 Å². The second kappa shape index (κ2) is 17.2. The Labute approximate surface area is 232 Å². The molecule has 7 heteroatoms. The van der Waals surface area contributed by atoms with Crippen molar-refractivity contribution in [2.75, 3.05) is 5.32 Å². The lowest BCUT2D eigenvalue weighted by Crippen LogP contribution is -2.30. The van der Waals surface area contributed by atoms with E-state index in [9.17, 15) is 9.59 Å².